The summed E-state index contributed by atoms with van der Waals surface area (Å²) in [5.74, 6) is 0. The maximum absolute atomic E-state index is 12.3. The quantitative estimate of drug-likeness (QED) is 0.945. The average Bonchev–Trinajstić information content (AvgIpc) is 3.00. The molecule has 3 rings (SSSR count). The predicted molar refractivity (Wildman–Crippen MR) is 84.2 cm³/mol. The molecule has 1 aliphatic carbocycles. The van der Waals surface area contributed by atoms with Crippen molar-refractivity contribution in [1.29, 1.82) is 0 Å². The molecule has 1 heterocycles. The van der Waals surface area contributed by atoms with E-state index in [0.717, 1.165) is 25.0 Å². The number of nitrogens with zero attached hydrogens (tertiary/aromatic N) is 2. The first-order valence-corrected chi connectivity index (χ1v) is 8.15. The second kappa shape index (κ2) is 6.26. The number of benzene rings is 1. The van der Waals surface area contributed by atoms with E-state index in [4.69, 9.17) is 0 Å². The minimum Gasteiger partial charge on any atom is -0.331 e. The Kier molecular flexibility index (Phi) is 4.20. The van der Waals surface area contributed by atoms with Gasteiger partial charge >= 0.3 is 6.03 Å². The second-order valence-electron chi connectivity index (χ2n) is 5.43. The van der Waals surface area contributed by atoms with E-state index >= 15 is 0 Å². The molecule has 1 N–H and O–H groups in total. The van der Waals surface area contributed by atoms with Gasteiger partial charge < -0.3 is 10.2 Å². The average molecular weight is 301 g/mol. The lowest BCUT2D eigenvalue weighted by molar-refractivity contribution is 0.200. The molecule has 21 heavy (non-hydrogen) atoms. The number of aromatic nitrogens is 1. The van der Waals surface area contributed by atoms with Crippen LogP contribution in [0.15, 0.2) is 35.2 Å². The Bertz CT molecular complexity index is 612. The molecule has 110 valence electrons. The van der Waals surface area contributed by atoms with Gasteiger partial charge in [0.1, 0.15) is 0 Å². The van der Waals surface area contributed by atoms with Crippen LogP contribution >= 0.6 is 11.3 Å². The fraction of sp³-hybridized carbons (Fsp3) is 0.375. The molecule has 1 unspecified atom stereocenters. The van der Waals surface area contributed by atoms with Gasteiger partial charge in [0.05, 0.1) is 23.8 Å². The maximum atomic E-state index is 12.3. The third kappa shape index (κ3) is 3.24. The minimum atomic E-state index is -0.0373. The topological polar surface area (TPSA) is 45.2 Å². The number of rotatable bonds is 3. The van der Waals surface area contributed by atoms with Crippen molar-refractivity contribution in [2.75, 3.05) is 7.05 Å². The number of hydrogen-bond acceptors (Lipinski definition) is 3. The molecule has 0 spiro atoms. The SMILES string of the molecule is CN(Cc1cscn1)C(=O)NC1CCCc2ccccc21. The number of thiazole rings is 1. The highest BCUT2D eigenvalue weighted by Crippen LogP contribution is 2.29. The van der Waals surface area contributed by atoms with Crippen LogP contribution in [-0.2, 0) is 13.0 Å². The molecule has 0 saturated heterocycles. The van der Waals surface area contributed by atoms with Gasteiger partial charge in [0, 0.05) is 12.4 Å². The van der Waals surface area contributed by atoms with E-state index in [1.165, 1.54) is 11.1 Å². The zero-order chi connectivity index (χ0) is 14.7. The molecule has 1 aromatic carbocycles. The molecule has 0 aliphatic heterocycles. The Labute approximate surface area is 128 Å². The Morgan fingerprint density at radius 3 is 3.14 bits per heavy atom. The fourth-order valence-corrected chi connectivity index (χ4v) is 3.34. The number of amides is 2. The van der Waals surface area contributed by atoms with Crippen LogP contribution in [0, 0.1) is 0 Å². The van der Waals surface area contributed by atoms with Crippen LogP contribution in [0.2, 0.25) is 0 Å². The van der Waals surface area contributed by atoms with E-state index in [-0.39, 0.29) is 12.1 Å². The van der Waals surface area contributed by atoms with Crippen LogP contribution in [0.5, 0.6) is 0 Å². The molecule has 1 atom stereocenters. The van der Waals surface area contributed by atoms with Crippen LogP contribution < -0.4 is 5.32 Å². The highest BCUT2D eigenvalue weighted by molar-refractivity contribution is 7.07. The first kappa shape index (κ1) is 14.1. The number of carbonyl (C=O) groups excluding carboxylic acids is 1. The molecule has 0 fully saturated rings. The van der Waals surface area contributed by atoms with Crippen molar-refractivity contribution in [2.45, 2.75) is 31.8 Å². The van der Waals surface area contributed by atoms with Crippen molar-refractivity contribution < 1.29 is 4.79 Å². The second-order valence-corrected chi connectivity index (χ2v) is 6.15. The number of hydrogen-bond donors (Lipinski definition) is 1. The van der Waals surface area contributed by atoms with Crippen LogP contribution in [0.1, 0.15) is 35.7 Å². The van der Waals surface area contributed by atoms with Crippen molar-refractivity contribution in [3.8, 4) is 0 Å². The summed E-state index contributed by atoms with van der Waals surface area (Å²) < 4.78 is 0. The van der Waals surface area contributed by atoms with Crippen molar-refractivity contribution >= 4 is 17.4 Å². The molecular weight excluding hydrogens is 282 g/mol. The Morgan fingerprint density at radius 1 is 1.48 bits per heavy atom. The summed E-state index contributed by atoms with van der Waals surface area (Å²) in [7, 11) is 1.81. The van der Waals surface area contributed by atoms with Gasteiger partial charge in [0.15, 0.2) is 0 Å². The molecule has 0 radical (unpaired) electrons. The lowest BCUT2D eigenvalue weighted by atomic mass is 9.88. The number of urea groups is 1. The zero-order valence-corrected chi connectivity index (χ0v) is 12.9. The monoisotopic (exact) mass is 301 g/mol. The van der Waals surface area contributed by atoms with Crippen molar-refractivity contribution in [3.05, 3.63) is 52.0 Å². The summed E-state index contributed by atoms with van der Waals surface area (Å²) >= 11 is 1.55. The Morgan fingerprint density at radius 2 is 2.33 bits per heavy atom. The number of fused-ring (bicyclic) bond motifs is 1. The van der Waals surface area contributed by atoms with Gasteiger partial charge in [-0.1, -0.05) is 24.3 Å². The van der Waals surface area contributed by atoms with Gasteiger partial charge in [-0.3, -0.25) is 0 Å². The predicted octanol–water partition coefficient (Wildman–Crippen LogP) is 3.36. The molecule has 2 aromatic rings. The van der Waals surface area contributed by atoms with Gasteiger partial charge in [-0.25, -0.2) is 9.78 Å². The highest BCUT2D eigenvalue weighted by atomic mass is 32.1. The van der Waals surface area contributed by atoms with E-state index in [1.54, 1.807) is 21.7 Å². The van der Waals surface area contributed by atoms with Crippen LogP contribution in [0.3, 0.4) is 0 Å². The van der Waals surface area contributed by atoms with Crippen molar-refractivity contribution in [3.63, 3.8) is 0 Å². The van der Waals surface area contributed by atoms with Gasteiger partial charge in [-0.05, 0) is 30.4 Å². The molecular formula is C16H19N3OS. The summed E-state index contributed by atoms with van der Waals surface area (Å²) in [6.45, 7) is 0.545. The first-order chi connectivity index (χ1) is 10.2. The van der Waals surface area contributed by atoms with Gasteiger partial charge in [-0.2, -0.15) is 0 Å². The standard InChI is InChI=1S/C16H19N3OS/c1-19(9-13-10-21-11-17-13)16(20)18-15-8-4-6-12-5-2-3-7-14(12)15/h2-3,5,7,10-11,15H,4,6,8-9H2,1H3,(H,18,20). The molecule has 1 aliphatic rings. The third-order valence-corrected chi connectivity index (χ3v) is 4.53. The van der Waals surface area contributed by atoms with Crippen molar-refractivity contribution in [2.24, 2.45) is 0 Å². The van der Waals surface area contributed by atoms with E-state index in [0.29, 0.717) is 6.54 Å². The summed E-state index contributed by atoms with van der Waals surface area (Å²) in [5, 5.41) is 5.12. The Hall–Kier alpha value is -1.88. The highest BCUT2D eigenvalue weighted by Gasteiger charge is 2.22. The normalized spacial score (nSPS) is 17.1. The van der Waals surface area contributed by atoms with Gasteiger partial charge in [0.25, 0.3) is 0 Å². The van der Waals surface area contributed by atoms with Crippen LogP contribution in [-0.4, -0.2) is 23.0 Å². The van der Waals surface area contributed by atoms with Gasteiger partial charge in [-0.15, -0.1) is 11.3 Å². The Balaban J connectivity index is 1.65. The molecule has 2 amide bonds. The van der Waals surface area contributed by atoms with E-state index in [9.17, 15) is 4.79 Å². The lowest BCUT2D eigenvalue weighted by Crippen LogP contribution is -2.40. The lowest BCUT2D eigenvalue weighted by Gasteiger charge is -2.28. The van der Waals surface area contributed by atoms with E-state index in [2.05, 4.69) is 28.5 Å². The smallest absolute Gasteiger partial charge is 0.317 e. The molecule has 0 bridgehead atoms. The number of nitrogens with one attached hydrogen (secondary N) is 1. The maximum Gasteiger partial charge on any atom is 0.317 e. The fourth-order valence-electron chi connectivity index (χ4n) is 2.79. The summed E-state index contributed by atoms with van der Waals surface area (Å²) in [6, 6.07) is 8.48. The summed E-state index contributed by atoms with van der Waals surface area (Å²) in [6.07, 6.45) is 3.24. The summed E-state index contributed by atoms with van der Waals surface area (Å²) in [5.41, 5.74) is 5.34. The van der Waals surface area contributed by atoms with E-state index < -0.39 is 0 Å². The molecule has 5 heteroatoms. The number of carbonyl (C=O) groups is 1. The third-order valence-electron chi connectivity index (χ3n) is 3.90. The minimum absolute atomic E-state index is 0.0373. The largest absolute Gasteiger partial charge is 0.331 e. The molecule has 4 nitrogen and oxygen atoms in total. The van der Waals surface area contributed by atoms with E-state index in [1.807, 2.05) is 18.5 Å². The molecule has 1 aromatic heterocycles. The number of aryl methyl sites for hydroxylation is 1. The van der Waals surface area contributed by atoms with Crippen LogP contribution in [0.25, 0.3) is 0 Å². The van der Waals surface area contributed by atoms with Crippen molar-refractivity contribution in [1.82, 2.24) is 15.2 Å². The van der Waals surface area contributed by atoms with Crippen LogP contribution in [0.4, 0.5) is 4.79 Å². The summed E-state index contributed by atoms with van der Waals surface area (Å²) in [4.78, 5) is 18.2. The van der Waals surface area contributed by atoms with Gasteiger partial charge in [0.2, 0.25) is 0 Å². The zero-order valence-electron chi connectivity index (χ0n) is 12.1. The molecule has 0 saturated carbocycles. The first-order valence-electron chi connectivity index (χ1n) is 7.20.